The molecule has 0 saturated carbocycles. The zero-order valence-electron chi connectivity index (χ0n) is 13.7. The molecule has 1 amide bonds. The molecule has 0 heterocycles. The molecule has 0 radical (unpaired) electrons. The number of carbonyl (C=O) groups is 2. The van der Waals surface area contributed by atoms with E-state index < -0.39 is 23.8 Å². The van der Waals surface area contributed by atoms with Crippen LogP contribution >= 0.6 is 0 Å². The van der Waals surface area contributed by atoms with E-state index >= 15 is 0 Å². The van der Waals surface area contributed by atoms with Gasteiger partial charge in [-0.3, -0.25) is 4.79 Å². The fourth-order valence-corrected chi connectivity index (χ4v) is 2.10. The van der Waals surface area contributed by atoms with E-state index in [1.54, 1.807) is 0 Å². The van der Waals surface area contributed by atoms with Gasteiger partial charge in [0.05, 0.1) is 5.56 Å². The Morgan fingerprint density at radius 1 is 1.17 bits per heavy atom. The Labute approximate surface area is 139 Å². The van der Waals surface area contributed by atoms with E-state index in [0.29, 0.717) is 5.69 Å². The van der Waals surface area contributed by atoms with Crippen LogP contribution in [0.15, 0.2) is 36.4 Å². The van der Waals surface area contributed by atoms with Gasteiger partial charge >= 0.3 is 5.97 Å². The number of ether oxygens (including phenoxy) is 1. The van der Waals surface area contributed by atoms with Gasteiger partial charge in [0.15, 0.2) is 6.10 Å². The number of hydrogen-bond acceptors (Lipinski definition) is 4. The largest absolute Gasteiger partial charge is 0.449 e. The third-order valence-corrected chi connectivity index (χ3v) is 3.54. The molecule has 0 spiro atoms. The third kappa shape index (κ3) is 4.10. The average molecular weight is 330 g/mol. The van der Waals surface area contributed by atoms with Crippen LogP contribution < -0.4 is 11.1 Å². The molecule has 24 heavy (non-hydrogen) atoms. The second-order valence-electron chi connectivity index (χ2n) is 5.59. The van der Waals surface area contributed by atoms with Crippen LogP contribution in [0.2, 0.25) is 0 Å². The number of carbonyl (C=O) groups excluding carboxylic acids is 2. The molecule has 2 aromatic rings. The molecule has 1 atom stereocenters. The van der Waals surface area contributed by atoms with Gasteiger partial charge in [0.25, 0.3) is 5.91 Å². The topological polar surface area (TPSA) is 81.4 Å². The van der Waals surface area contributed by atoms with Crippen LogP contribution in [0.4, 0.5) is 15.8 Å². The molecule has 3 N–H and O–H groups in total. The molecule has 0 aliphatic carbocycles. The van der Waals surface area contributed by atoms with Crippen LogP contribution in [-0.4, -0.2) is 18.0 Å². The van der Waals surface area contributed by atoms with Crippen LogP contribution in [-0.2, 0) is 9.53 Å². The molecule has 0 bridgehead atoms. The van der Waals surface area contributed by atoms with Gasteiger partial charge in [-0.25, -0.2) is 9.18 Å². The highest BCUT2D eigenvalue weighted by Gasteiger charge is 2.21. The van der Waals surface area contributed by atoms with Crippen LogP contribution in [0.25, 0.3) is 0 Å². The lowest BCUT2D eigenvalue weighted by Gasteiger charge is -2.15. The molecule has 5 nitrogen and oxygen atoms in total. The molecule has 0 aliphatic rings. The van der Waals surface area contributed by atoms with Gasteiger partial charge in [-0.1, -0.05) is 12.1 Å². The summed E-state index contributed by atoms with van der Waals surface area (Å²) in [4.78, 5) is 24.3. The lowest BCUT2D eigenvalue weighted by molar-refractivity contribution is -0.123. The number of halogens is 1. The average Bonchev–Trinajstić information content (AvgIpc) is 2.50. The number of esters is 1. The first kappa shape index (κ1) is 17.5. The van der Waals surface area contributed by atoms with Gasteiger partial charge in [-0.2, -0.15) is 0 Å². The van der Waals surface area contributed by atoms with Crippen molar-refractivity contribution in [3.63, 3.8) is 0 Å². The Kier molecular flexibility index (Phi) is 5.18. The molecular weight excluding hydrogens is 311 g/mol. The molecular formula is C18H19FN2O3. The van der Waals surface area contributed by atoms with Gasteiger partial charge in [0, 0.05) is 11.4 Å². The van der Waals surface area contributed by atoms with Crippen LogP contribution in [0.3, 0.4) is 0 Å². The molecule has 0 aromatic heterocycles. The summed E-state index contributed by atoms with van der Waals surface area (Å²) in [5.41, 5.74) is 8.12. The van der Waals surface area contributed by atoms with E-state index in [4.69, 9.17) is 10.5 Å². The number of nitrogens with one attached hydrogen (secondary N) is 1. The monoisotopic (exact) mass is 330 g/mol. The zero-order chi connectivity index (χ0) is 17.9. The summed E-state index contributed by atoms with van der Waals surface area (Å²) in [6, 6.07) is 9.01. The summed E-state index contributed by atoms with van der Waals surface area (Å²) < 4.78 is 18.1. The molecule has 0 unspecified atom stereocenters. The van der Waals surface area contributed by atoms with Crippen LogP contribution in [0.5, 0.6) is 0 Å². The maximum Gasteiger partial charge on any atom is 0.341 e. The number of nitrogen functional groups attached to an aromatic ring is 1. The first-order valence-corrected chi connectivity index (χ1v) is 7.42. The number of aryl methyl sites for hydroxylation is 2. The summed E-state index contributed by atoms with van der Waals surface area (Å²) in [5, 5.41) is 2.72. The number of anilines is 2. The highest BCUT2D eigenvalue weighted by Crippen LogP contribution is 2.18. The number of benzene rings is 2. The highest BCUT2D eigenvalue weighted by atomic mass is 19.1. The molecule has 0 aliphatic heterocycles. The zero-order valence-corrected chi connectivity index (χ0v) is 13.7. The van der Waals surface area contributed by atoms with Crippen molar-refractivity contribution in [1.82, 2.24) is 0 Å². The Morgan fingerprint density at radius 3 is 2.54 bits per heavy atom. The van der Waals surface area contributed by atoms with Gasteiger partial charge < -0.3 is 15.8 Å². The molecule has 2 aromatic carbocycles. The van der Waals surface area contributed by atoms with Gasteiger partial charge in [-0.15, -0.1) is 0 Å². The fraction of sp³-hybridized carbons (Fsp3) is 0.222. The number of hydrogen-bond donors (Lipinski definition) is 2. The molecule has 0 fully saturated rings. The van der Waals surface area contributed by atoms with Crippen molar-refractivity contribution in [1.29, 1.82) is 0 Å². The van der Waals surface area contributed by atoms with Gasteiger partial charge in [0.1, 0.15) is 5.82 Å². The Balaban J connectivity index is 2.05. The number of rotatable bonds is 4. The molecule has 0 saturated heterocycles. The predicted molar refractivity (Wildman–Crippen MR) is 90.2 cm³/mol. The Bertz CT molecular complexity index is 790. The molecule has 6 heteroatoms. The first-order valence-electron chi connectivity index (χ1n) is 7.42. The van der Waals surface area contributed by atoms with E-state index in [1.165, 1.54) is 13.0 Å². The first-order chi connectivity index (χ1) is 11.3. The van der Waals surface area contributed by atoms with E-state index in [0.717, 1.165) is 23.3 Å². The van der Waals surface area contributed by atoms with Crippen molar-refractivity contribution in [2.75, 3.05) is 11.1 Å². The standard InChI is InChI=1S/C18H19FN2O3/c1-10-4-5-11(2)16(8-10)21-17(22)12(3)24-18(23)14-7-6-13(19)9-15(14)20/h4-9,12H,20H2,1-3H3,(H,21,22)/t12-/m0/s1. The second-order valence-corrected chi connectivity index (χ2v) is 5.59. The Morgan fingerprint density at radius 2 is 1.88 bits per heavy atom. The maximum absolute atomic E-state index is 13.0. The minimum atomic E-state index is -1.03. The van der Waals surface area contributed by atoms with E-state index in [1.807, 2.05) is 32.0 Å². The smallest absolute Gasteiger partial charge is 0.341 e. The van der Waals surface area contributed by atoms with Crippen LogP contribution in [0, 0.1) is 19.7 Å². The van der Waals surface area contributed by atoms with Crippen molar-refractivity contribution in [2.45, 2.75) is 26.9 Å². The minimum absolute atomic E-state index is 0.0165. The van der Waals surface area contributed by atoms with Gasteiger partial charge in [-0.05, 0) is 56.2 Å². The van der Waals surface area contributed by atoms with E-state index in [2.05, 4.69) is 5.32 Å². The fourth-order valence-electron chi connectivity index (χ4n) is 2.10. The summed E-state index contributed by atoms with van der Waals surface area (Å²) in [7, 11) is 0. The van der Waals surface area contributed by atoms with Crippen molar-refractivity contribution in [3.05, 3.63) is 58.9 Å². The number of nitrogens with two attached hydrogens (primary N) is 1. The van der Waals surface area contributed by atoms with Crippen LogP contribution in [0.1, 0.15) is 28.4 Å². The summed E-state index contributed by atoms with van der Waals surface area (Å²) in [6.07, 6.45) is -1.03. The summed E-state index contributed by atoms with van der Waals surface area (Å²) >= 11 is 0. The molecule has 126 valence electrons. The Hall–Kier alpha value is -2.89. The van der Waals surface area contributed by atoms with Gasteiger partial charge in [0.2, 0.25) is 0 Å². The van der Waals surface area contributed by atoms with Crippen molar-refractivity contribution >= 4 is 23.3 Å². The third-order valence-electron chi connectivity index (χ3n) is 3.54. The highest BCUT2D eigenvalue weighted by molar-refractivity contribution is 5.99. The lowest BCUT2D eigenvalue weighted by atomic mass is 10.1. The SMILES string of the molecule is Cc1ccc(C)c(NC(=O)[C@H](C)OC(=O)c2ccc(F)cc2N)c1. The van der Waals surface area contributed by atoms with Crippen molar-refractivity contribution < 1.29 is 18.7 Å². The maximum atomic E-state index is 13.0. The molecule has 2 rings (SSSR count). The van der Waals surface area contributed by atoms with Crippen molar-refractivity contribution in [2.24, 2.45) is 0 Å². The minimum Gasteiger partial charge on any atom is -0.449 e. The van der Waals surface area contributed by atoms with E-state index in [-0.39, 0.29) is 11.3 Å². The van der Waals surface area contributed by atoms with Crippen molar-refractivity contribution in [3.8, 4) is 0 Å². The summed E-state index contributed by atoms with van der Waals surface area (Å²) in [6.45, 7) is 5.24. The normalized spacial score (nSPS) is 11.7. The number of amides is 1. The van der Waals surface area contributed by atoms with E-state index in [9.17, 15) is 14.0 Å². The quantitative estimate of drug-likeness (QED) is 0.666. The summed E-state index contributed by atoms with van der Waals surface area (Å²) in [5.74, 6) is -1.79. The second kappa shape index (κ2) is 7.12. The lowest BCUT2D eigenvalue weighted by Crippen LogP contribution is -2.30. The predicted octanol–water partition coefficient (Wildman–Crippen LogP) is 3.21.